The van der Waals surface area contributed by atoms with E-state index in [9.17, 15) is 4.79 Å². The molecule has 2 aliphatic rings. The van der Waals surface area contributed by atoms with Crippen LogP contribution in [-0.2, 0) is 19.7 Å². The van der Waals surface area contributed by atoms with Crippen LogP contribution < -0.4 is 0 Å². The van der Waals surface area contributed by atoms with Crippen LogP contribution in [0.2, 0.25) is 0 Å². The van der Waals surface area contributed by atoms with Gasteiger partial charge in [0.25, 0.3) is 0 Å². The van der Waals surface area contributed by atoms with Gasteiger partial charge in [-0.3, -0.25) is 9.69 Å². The maximum atomic E-state index is 13.0. The molecule has 0 atom stereocenters. The molecule has 150 valence electrons. The fraction of sp³-hybridized carbons (Fsp3) is 0.696. The Bertz CT molecular complexity index is 548. The van der Waals surface area contributed by atoms with Crippen molar-refractivity contribution in [3.8, 4) is 0 Å². The molecule has 1 heterocycles. The summed E-state index contributed by atoms with van der Waals surface area (Å²) >= 11 is 0. The highest BCUT2D eigenvalue weighted by Crippen LogP contribution is 2.40. The van der Waals surface area contributed by atoms with E-state index in [1.54, 1.807) is 0 Å². The SMILES string of the molecule is O=C(OCCCCCCN1CCOCC1)C1(c2ccccc2)CCCCC1. The minimum atomic E-state index is -0.407. The molecule has 1 aliphatic carbocycles. The Morgan fingerprint density at radius 2 is 1.67 bits per heavy atom. The molecule has 1 saturated carbocycles. The molecule has 0 bridgehead atoms. The summed E-state index contributed by atoms with van der Waals surface area (Å²) in [6.07, 6.45) is 9.85. The van der Waals surface area contributed by atoms with Crippen LogP contribution in [0, 0.1) is 0 Å². The standard InChI is InChI=1S/C23H35NO3/c25-22(23(13-7-4-8-14-23)21-11-5-3-6-12-21)27-18-10-2-1-9-15-24-16-19-26-20-17-24/h3,5-6,11-12H,1-2,4,7-10,13-20H2. The zero-order valence-corrected chi connectivity index (χ0v) is 16.7. The Labute approximate surface area is 164 Å². The fourth-order valence-electron chi connectivity index (χ4n) is 4.44. The molecule has 0 N–H and O–H groups in total. The molecule has 1 aromatic carbocycles. The van der Waals surface area contributed by atoms with Crippen LogP contribution in [0.25, 0.3) is 0 Å². The van der Waals surface area contributed by atoms with E-state index in [1.165, 1.54) is 25.8 Å². The summed E-state index contributed by atoms with van der Waals surface area (Å²) in [5, 5.41) is 0. The topological polar surface area (TPSA) is 38.8 Å². The molecule has 3 rings (SSSR count). The number of carbonyl (C=O) groups is 1. The number of esters is 1. The van der Waals surface area contributed by atoms with E-state index in [2.05, 4.69) is 17.0 Å². The highest BCUT2D eigenvalue weighted by Gasteiger charge is 2.42. The van der Waals surface area contributed by atoms with E-state index in [-0.39, 0.29) is 5.97 Å². The molecule has 1 aromatic rings. The van der Waals surface area contributed by atoms with Gasteiger partial charge in [-0.25, -0.2) is 0 Å². The van der Waals surface area contributed by atoms with Crippen molar-refractivity contribution in [2.75, 3.05) is 39.5 Å². The molecular weight excluding hydrogens is 338 g/mol. The Balaban J connectivity index is 1.37. The third-order valence-corrected chi connectivity index (χ3v) is 6.13. The van der Waals surface area contributed by atoms with Gasteiger partial charge in [-0.05, 0) is 37.8 Å². The fourth-order valence-corrected chi connectivity index (χ4v) is 4.44. The molecule has 0 spiro atoms. The average molecular weight is 374 g/mol. The van der Waals surface area contributed by atoms with Gasteiger partial charge in [-0.2, -0.15) is 0 Å². The summed E-state index contributed by atoms with van der Waals surface area (Å²) in [7, 11) is 0. The molecular formula is C23H35NO3. The Kier molecular flexibility index (Phi) is 8.15. The summed E-state index contributed by atoms with van der Waals surface area (Å²) < 4.78 is 11.2. The third kappa shape index (κ3) is 5.79. The van der Waals surface area contributed by atoms with Gasteiger partial charge in [0.1, 0.15) is 0 Å². The molecule has 1 aliphatic heterocycles. The number of rotatable bonds is 9. The average Bonchev–Trinajstić information content (AvgIpc) is 2.74. The first-order chi connectivity index (χ1) is 13.3. The molecule has 27 heavy (non-hydrogen) atoms. The summed E-state index contributed by atoms with van der Waals surface area (Å²) in [6, 6.07) is 10.3. The molecule has 4 heteroatoms. The zero-order valence-electron chi connectivity index (χ0n) is 16.7. The Morgan fingerprint density at radius 1 is 0.963 bits per heavy atom. The largest absolute Gasteiger partial charge is 0.465 e. The first-order valence-electron chi connectivity index (χ1n) is 10.8. The normalized spacial score (nSPS) is 20.3. The van der Waals surface area contributed by atoms with E-state index in [1.807, 2.05) is 18.2 Å². The summed E-state index contributed by atoms with van der Waals surface area (Å²) in [5.41, 5.74) is 0.732. The Hall–Kier alpha value is -1.39. The van der Waals surface area contributed by atoms with Crippen molar-refractivity contribution in [2.45, 2.75) is 63.2 Å². The first-order valence-corrected chi connectivity index (χ1v) is 10.8. The van der Waals surface area contributed by atoms with Crippen LogP contribution in [-0.4, -0.2) is 50.3 Å². The second-order valence-corrected chi connectivity index (χ2v) is 8.01. The van der Waals surface area contributed by atoms with E-state index in [4.69, 9.17) is 9.47 Å². The van der Waals surface area contributed by atoms with E-state index in [0.29, 0.717) is 6.61 Å². The number of ether oxygens (including phenoxy) is 2. The zero-order chi connectivity index (χ0) is 18.8. The van der Waals surface area contributed by atoms with Crippen LogP contribution in [0.15, 0.2) is 30.3 Å². The second kappa shape index (κ2) is 10.8. The van der Waals surface area contributed by atoms with Gasteiger partial charge in [0, 0.05) is 13.1 Å². The van der Waals surface area contributed by atoms with Crippen LogP contribution in [0.4, 0.5) is 0 Å². The van der Waals surface area contributed by atoms with E-state index >= 15 is 0 Å². The number of nitrogens with zero attached hydrogens (tertiary/aromatic N) is 1. The van der Waals surface area contributed by atoms with Gasteiger partial charge in [0.05, 0.1) is 25.2 Å². The van der Waals surface area contributed by atoms with Gasteiger partial charge in [-0.15, -0.1) is 0 Å². The van der Waals surface area contributed by atoms with Crippen LogP contribution in [0.1, 0.15) is 63.4 Å². The van der Waals surface area contributed by atoms with E-state index in [0.717, 1.165) is 70.4 Å². The molecule has 4 nitrogen and oxygen atoms in total. The number of morpholine rings is 1. The number of benzene rings is 1. The minimum absolute atomic E-state index is 0.00159. The second-order valence-electron chi connectivity index (χ2n) is 8.01. The van der Waals surface area contributed by atoms with Crippen LogP contribution in [0.3, 0.4) is 0 Å². The first kappa shape index (κ1) is 20.3. The monoisotopic (exact) mass is 373 g/mol. The predicted molar refractivity (Wildman–Crippen MR) is 108 cm³/mol. The van der Waals surface area contributed by atoms with Crippen molar-refractivity contribution in [1.82, 2.24) is 4.90 Å². The van der Waals surface area contributed by atoms with Gasteiger partial charge >= 0.3 is 5.97 Å². The third-order valence-electron chi connectivity index (χ3n) is 6.13. The molecule has 2 fully saturated rings. The van der Waals surface area contributed by atoms with Crippen molar-refractivity contribution in [1.29, 1.82) is 0 Å². The molecule has 0 aromatic heterocycles. The van der Waals surface area contributed by atoms with Gasteiger partial charge in [0.15, 0.2) is 0 Å². The van der Waals surface area contributed by atoms with Gasteiger partial charge in [0.2, 0.25) is 0 Å². The number of hydrogen-bond acceptors (Lipinski definition) is 4. The van der Waals surface area contributed by atoms with Gasteiger partial charge in [-0.1, -0.05) is 62.4 Å². The lowest BCUT2D eigenvalue weighted by atomic mass is 9.69. The molecule has 0 amide bonds. The molecule has 0 radical (unpaired) electrons. The quantitative estimate of drug-likeness (QED) is 0.477. The molecule has 1 saturated heterocycles. The minimum Gasteiger partial charge on any atom is -0.465 e. The van der Waals surface area contributed by atoms with Crippen molar-refractivity contribution in [3.05, 3.63) is 35.9 Å². The highest BCUT2D eigenvalue weighted by molar-refractivity contribution is 5.83. The number of unbranched alkanes of at least 4 members (excludes halogenated alkanes) is 3. The van der Waals surface area contributed by atoms with Crippen LogP contribution >= 0.6 is 0 Å². The Morgan fingerprint density at radius 3 is 2.41 bits per heavy atom. The number of carbonyl (C=O) groups excluding carboxylic acids is 1. The lowest BCUT2D eigenvalue weighted by molar-refractivity contribution is -0.152. The lowest BCUT2D eigenvalue weighted by Crippen LogP contribution is -2.39. The summed E-state index contributed by atoms with van der Waals surface area (Å²) in [4.78, 5) is 15.5. The highest BCUT2D eigenvalue weighted by atomic mass is 16.5. The summed E-state index contributed by atoms with van der Waals surface area (Å²) in [6.45, 7) is 5.61. The van der Waals surface area contributed by atoms with Crippen LogP contribution in [0.5, 0.6) is 0 Å². The van der Waals surface area contributed by atoms with Crippen molar-refractivity contribution >= 4 is 5.97 Å². The lowest BCUT2D eigenvalue weighted by Gasteiger charge is -2.35. The summed E-state index contributed by atoms with van der Waals surface area (Å²) in [5.74, 6) is 0.00159. The van der Waals surface area contributed by atoms with Crippen molar-refractivity contribution in [2.24, 2.45) is 0 Å². The maximum absolute atomic E-state index is 13.0. The van der Waals surface area contributed by atoms with Gasteiger partial charge < -0.3 is 9.47 Å². The molecule has 0 unspecified atom stereocenters. The number of hydrogen-bond donors (Lipinski definition) is 0. The maximum Gasteiger partial charge on any atom is 0.316 e. The predicted octanol–water partition coefficient (Wildman–Crippen LogP) is 4.32. The van der Waals surface area contributed by atoms with E-state index < -0.39 is 5.41 Å². The van der Waals surface area contributed by atoms with Crippen molar-refractivity contribution in [3.63, 3.8) is 0 Å². The smallest absolute Gasteiger partial charge is 0.316 e. The van der Waals surface area contributed by atoms with Crippen molar-refractivity contribution < 1.29 is 14.3 Å².